The van der Waals surface area contributed by atoms with E-state index < -0.39 is 55.7 Å². The number of ether oxygens (including phenoxy) is 2. The molecular weight excluding hydrogens is 549 g/mol. The Morgan fingerprint density at radius 2 is 2.00 bits per heavy atom. The molecule has 2 N–H and O–H groups in total. The third kappa shape index (κ3) is 6.47. The summed E-state index contributed by atoms with van der Waals surface area (Å²) in [7, 11) is -4.35. The van der Waals surface area contributed by atoms with Crippen LogP contribution in [0.4, 0.5) is 14.9 Å². The SMILES string of the molecule is CC(C)Oc1cccc(CN2C(=O)[C@@H](NC(=O)OC(C)(C)C)CS(=O)(=O)c3cc(F)c(-c4noc(=O)[nH]4)cc32)n1. The van der Waals surface area contributed by atoms with E-state index in [9.17, 15) is 22.8 Å². The van der Waals surface area contributed by atoms with Crippen LogP contribution in [0.2, 0.25) is 0 Å². The van der Waals surface area contributed by atoms with Crippen molar-refractivity contribution in [2.75, 3.05) is 10.7 Å². The Morgan fingerprint density at radius 3 is 2.62 bits per heavy atom. The first-order valence-corrected chi connectivity index (χ1v) is 13.8. The van der Waals surface area contributed by atoms with E-state index in [4.69, 9.17) is 9.47 Å². The zero-order valence-corrected chi connectivity index (χ0v) is 23.2. The van der Waals surface area contributed by atoms with Gasteiger partial charge >= 0.3 is 11.8 Å². The van der Waals surface area contributed by atoms with Crippen LogP contribution in [0.3, 0.4) is 0 Å². The number of sulfone groups is 1. The van der Waals surface area contributed by atoms with E-state index in [2.05, 4.69) is 25.0 Å². The van der Waals surface area contributed by atoms with Crippen molar-refractivity contribution >= 4 is 27.5 Å². The minimum atomic E-state index is -4.35. The largest absolute Gasteiger partial charge is 0.475 e. The van der Waals surface area contributed by atoms with Crippen molar-refractivity contribution in [3.63, 3.8) is 0 Å². The van der Waals surface area contributed by atoms with Gasteiger partial charge in [0.05, 0.1) is 40.2 Å². The maximum Gasteiger partial charge on any atom is 0.439 e. The number of nitrogens with zero attached hydrogens (tertiary/aromatic N) is 3. The summed E-state index contributed by atoms with van der Waals surface area (Å²) in [4.78, 5) is 45.0. The molecule has 13 nitrogen and oxygen atoms in total. The minimum absolute atomic E-state index is 0.189. The number of rotatable bonds is 6. The lowest BCUT2D eigenvalue weighted by Crippen LogP contribution is -2.51. The number of benzene rings is 1. The fourth-order valence-electron chi connectivity index (χ4n) is 3.95. The number of aromatic amines is 1. The Balaban J connectivity index is 1.85. The van der Waals surface area contributed by atoms with E-state index in [1.807, 2.05) is 13.8 Å². The Kier molecular flexibility index (Phi) is 7.70. The molecule has 2 aromatic heterocycles. The first-order chi connectivity index (χ1) is 18.6. The molecule has 2 amide bonds. The molecule has 0 saturated heterocycles. The molecule has 15 heteroatoms. The van der Waals surface area contributed by atoms with E-state index in [-0.39, 0.29) is 35.6 Å². The van der Waals surface area contributed by atoms with Crippen molar-refractivity contribution in [3.05, 3.63) is 52.4 Å². The van der Waals surface area contributed by atoms with E-state index in [0.29, 0.717) is 5.69 Å². The van der Waals surface area contributed by atoms with Crippen molar-refractivity contribution in [1.29, 1.82) is 0 Å². The number of carbonyl (C=O) groups is 2. The molecule has 0 saturated carbocycles. The van der Waals surface area contributed by atoms with E-state index >= 15 is 4.39 Å². The normalized spacial score (nSPS) is 16.8. The molecule has 0 radical (unpaired) electrons. The number of hydrogen-bond acceptors (Lipinski definition) is 10. The predicted molar refractivity (Wildman–Crippen MR) is 139 cm³/mol. The number of alkyl carbamates (subject to hydrolysis) is 1. The molecule has 4 rings (SSSR count). The van der Waals surface area contributed by atoms with E-state index in [1.165, 1.54) is 0 Å². The van der Waals surface area contributed by atoms with Gasteiger partial charge in [-0.2, -0.15) is 0 Å². The molecule has 1 aliphatic rings. The summed E-state index contributed by atoms with van der Waals surface area (Å²) in [5.41, 5.74) is -1.14. The van der Waals surface area contributed by atoms with Crippen LogP contribution in [0.15, 0.2) is 44.5 Å². The second-order valence-electron chi connectivity index (χ2n) is 10.3. The van der Waals surface area contributed by atoms with Gasteiger partial charge in [-0.1, -0.05) is 11.2 Å². The van der Waals surface area contributed by atoms with Crippen molar-refractivity contribution in [3.8, 4) is 17.3 Å². The molecule has 0 aliphatic carbocycles. The average molecular weight is 578 g/mol. The smallest absolute Gasteiger partial charge is 0.439 e. The third-order valence-electron chi connectivity index (χ3n) is 5.47. The molecule has 0 spiro atoms. The summed E-state index contributed by atoms with van der Waals surface area (Å²) in [6.07, 6.45) is -1.20. The number of H-pyrrole nitrogens is 1. The lowest BCUT2D eigenvalue weighted by Gasteiger charge is -2.27. The van der Waals surface area contributed by atoms with Gasteiger partial charge in [-0.3, -0.25) is 14.3 Å². The van der Waals surface area contributed by atoms with Crippen LogP contribution >= 0.6 is 0 Å². The number of fused-ring (bicyclic) bond motifs is 1. The topological polar surface area (TPSA) is 174 Å². The van der Waals surface area contributed by atoms with Gasteiger partial charge in [0, 0.05) is 6.07 Å². The quantitative estimate of drug-likeness (QED) is 0.443. The van der Waals surface area contributed by atoms with Crippen molar-refractivity contribution in [1.82, 2.24) is 20.4 Å². The van der Waals surface area contributed by atoms with Crippen molar-refractivity contribution < 1.29 is 36.4 Å². The zero-order chi connectivity index (χ0) is 29.4. The summed E-state index contributed by atoms with van der Waals surface area (Å²) in [5, 5.41) is 5.80. The molecule has 0 bridgehead atoms. The first-order valence-electron chi connectivity index (χ1n) is 12.2. The van der Waals surface area contributed by atoms with Crippen LogP contribution in [0, 0.1) is 5.82 Å². The molecule has 3 heterocycles. The van der Waals surface area contributed by atoms with Crippen LogP contribution in [0.5, 0.6) is 5.88 Å². The standard InChI is InChI=1S/C25H28FN5O8S/c1-13(2)37-20-8-6-7-14(27-20)11-31-18-9-15(21-29-24(34)39-30-21)16(26)10-19(18)40(35,36)12-17(22(31)32)28-23(33)38-25(3,4)5/h6-10,13,17H,11-12H2,1-5H3,(H,28,33)(H,29,30,34)/t17-/m0/s1. The molecular formula is C25H28FN5O8S. The van der Waals surface area contributed by atoms with Crippen LogP contribution in [0.25, 0.3) is 11.4 Å². The molecule has 0 unspecified atom stereocenters. The Morgan fingerprint density at radius 1 is 1.27 bits per heavy atom. The molecule has 40 heavy (non-hydrogen) atoms. The van der Waals surface area contributed by atoms with Gasteiger partial charge in [0.1, 0.15) is 17.5 Å². The molecule has 214 valence electrons. The number of pyridine rings is 1. The van der Waals surface area contributed by atoms with Gasteiger partial charge in [-0.15, -0.1) is 0 Å². The lowest BCUT2D eigenvalue weighted by molar-refractivity contribution is -0.120. The number of aromatic nitrogens is 3. The fourth-order valence-corrected chi connectivity index (χ4v) is 5.56. The Labute approximate surface area is 228 Å². The monoisotopic (exact) mass is 577 g/mol. The van der Waals surface area contributed by atoms with Gasteiger partial charge in [-0.25, -0.2) is 27.4 Å². The Bertz CT molecular complexity index is 1610. The number of hydrogen-bond donors (Lipinski definition) is 2. The van der Waals surface area contributed by atoms with Gasteiger partial charge in [-0.05, 0) is 52.8 Å². The van der Waals surface area contributed by atoms with Gasteiger partial charge in [0.15, 0.2) is 15.7 Å². The molecule has 1 aliphatic heterocycles. The molecule has 0 fully saturated rings. The second kappa shape index (κ2) is 10.7. The van der Waals surface area contributed by atoms with Crippen LogP contribution in [0.1, 0.15) is 40.3 Å². The van der Waals surface area contributed by atoms with Gasteiger partial charge in [0.25, 0.3) is 5.91 Å². The zero-order valence-electron chi connectivity index (χ0n) is 22.3. The molecule has 1 atom stereocenters. The second-order valence-corrected chi connectivity index (χ2v) is 12.3. The van der Waals surface area contributed by atoms with Gasteiger partial charge < -0.3 is 19.7 Å². The highest BCUT2D eigenvalue weighted by Gasteiger charge is 2.40. The van der Waals surface area contributed by atoms with Gasteiger partial charge in [0.2, 0.25) is 5.88 Å². The highest BCUT2D eigenvalue weighted by atomic mass is 32.2. The maximum absolute atomic E-state index is 15.2. The van der Waals surface area contributed by atoms with Crippen molar-refractivity contribution in [2.24, 2.45) is 0 Å². The number of nitrogens with one attached hydrogen (secondary N) is 2. The number of amides is 2. The fraction of sp³-hybridized carbons (Fsp3) is 0.400. The maximum atomic E-state index is 15.2. The summed E-state index contributed by atoms with van der Waals surface area (Å²) >= 11 is 0. The highest BCUT2D eigenvalue weighted by Crippen LogP contribution is 2.36. The first kappa shape index (κ1) is 28.7. The highest BCUT2D eigenvalue weighted by molar-refractivity contribution is 7.91. The number of carbonyl (C=O) groups excluding carboxylic acids is 2. The van der Waals surface area contributed by atoms with Crippen LogP contribution in [-0.4, -0.2) is 59.0 Å². The summed E-state index contributed by atoms with van der Waals surface area (Å²) in [5.74, 6) is -3.73. The predicted octanol–water partition coefficient (Wildman–Crippen LogP) is 2.57. The number of anilines is 1. The minimum Gasteiger partial charge on any atom is -0.475 e. The number of halogens is 1. The Hall–Kier alpha value is -4.27. The summed E-state index contributed by atoms with van der Waals surface area (Å²) in [6.45, 7) is 8.17. The third-order valence-corrected chi connectivity index (χ3v) is 7.24. The molecule has 3 aromatic rings. The van der Waals surface area contributed by atoms with Crippen molar-refractivity contribution in [2.45, 2.75) is 63.8 Å². The van der Waals surface area contributed by atoms with Crippen LogP contribution in [-0.2, 0) is 25.9 Å². The lowest BCUT2D eigenvalue weighted by atomic mass is 10.1. The average Bonchev–Trinajstić information content (AvgIpc) is 3.23. The van der Waals surface area contributed by atoms with E-state index in [0.717, 1.165) is 17.0 Å². The van der Waals surface area contributed by atoms with E-state index in [1.54, 1.807) is 39.0 Å². The molecule has 1 aromatic carbocycles. The van der Waals surface area contributed by atoms with Crippen LogP contribution < -0.4 is 20.7 Å². The summed E-state index contributed by atoms with van der Waals surface area (Å²) < 4.78 is 57.3. The summed E-state index contributed by atoms with van der Waals surface area (Å²) in [6, 6.07) is 5.07.